The lowest BCUT2D eigenvalue weighted by Gasteiger charge is -2.35. The largest absolute Gasteiger partial charge is 0.474 e. The third-order valence-corrected chi connectivity index (χ3v) is 5.97. The molecule has 0 atom stereocenters. The summed E-state index contributed by atoms with van der Waals surface area (Å²) in [6, 6.07) is 3.36. The number of hydrogen-bond acceptors (Lipinski definition) is 8. The molecule has 0 bridgehead atoms. The van der Waals surface area contributed by atoms with Crippen molar-refractivity contribution in [2.75, 3.05) is 49.7 Å². The average molecular weight is 452 g/mol. The second-order valence-corrected chi connectivity index (χ2v) is 8.28. The van der Waals surface area contributed by atoms with E-state index in [1.54, 1.807) is 18.3 Å². The van der Waals surface area contributed by atoms with Crippen LogP contribution in [0.1, 0.15) is 12.5 Å². The SMILES string of the molecule is CCc1c(-c2cc3cc(NC(=O)OC4CN(C)C4)ncc3c(N)c2F)cnc2c1NCCO2. The van der Waals surface area contributed by atoms with E-state index in [4.69, 9.17) is 15.2 Å². The molecule has 2 aromatic heterocycles. The Hall–Kier alpha value is -3.66. The Balaban J connectivity index is 1.51. The molecule has 33 heavy (non-hydrogen) atoms. The zero-order valence-electron chi connectivity index (χ0n) is 18.4. The lowest BCUT2D eigenvalue weighted by Crippen LogP contribution is -2.50. The molecule has 0 spiro atoms. The van der Waals surface area contributed by atoms with Gasteiger partial charge < -0.3 is 20.5 Å². The van der Waals surface area contributed by atoms with Crippen LogP contribution in [-0.2, 0) is 11.2 Å². The van der Waals surface area contributed by atoms with Crippen LogP contribution in [0, 0.1) is 5.82 Å². The van der Waals surface area contributed by atoms with Crippen LogP contribution in [0.4, 0.5) is 26.4 Å². The van der Waals surface area contributed by atoms with Crippen LogP contribution < -0.4 is 21.1 Å². The number of nitrogens with zero attached hydrogens (tertiary/aromatic N) is 3. The molecule has 0 unspecified atom stereocenters. The minimum Gasteiger partial charge on any atom is -0.474 e. The van der Waals surface area contributed by atoms with Crippen molar-refractivity contribution < 1.29 is 18.7 Å². The molecule has 4 N–H and O–H groups in total. The molecule has 5 rings (SSSR count). The average Bonchev–Trinajstić information content (AvgIpc) is 2.79. The number of likely N-dealkylation sites (N-methyl/N-ethyl adjacent to an activating group) is 1. The van der Waals surface area contributed by atoms with Crippen molar-refractivity contribution in [3.05, 3.63) is 35.9 Å². The molecular weight excluding hydrogens is 427 g/mol. The van der Waals surface area contributed by atoms with Gasteiger partial charge in [-0.05, 0) is 36.6 Å². The monoisotopic (exact) mass is 452 g/mol. The van der Waals surface area contributed by atoms with Gasteiger partial charge in [-0.15, -0.1) is 0 Å². The van der Waals surface area contributed by atoms with Crippen molar-refractivity contribution in [1.29, 1.82) is 0 Å². The van der Waals surface area contributed by atoms with Gasteiger partial charge in [0.1, 0.15) is 24.2 Å². The first-order valence-electron chi connectivity index (χ1n) is 10.9. The molecule has 1 aromatic carbocycles. The number of halogens is 1. The van der Waals surface area contributed by atoms with Gasteiger partial charge >= 0.3 is 6.09 Å². The van der Waals surface area contributed by atoms with Gasteiger partial charge in [0.05, 0.1) is 5.69 Å². The van der Waals surface area contributed by atoms with Crippen molar-refractivity contribution in [1.82, 2.24) is 14.9 Å². The number of hydrogen-bond donors (Lipinski definition) is 3. The smallest absolute Gasteiger partial charge is 0.413 e. The number of carbonyl (C=O) groups excluding carboxylic acids is 1. The van der Waals surface area contributed by atoms with Gasteiger partial charge in [0.15, 0.2) is 5.82 Å². The first-order valence-corrected chi connectivity index (χ1v) is 10.9. The number of pyridine rings is 2. The number of benzene rings is 1. The fourth-order valence-corrected chi connectivity index (χ4v) is 4.31. The zero-order valence-corrected chi connectivity index (χ0v) is 18.4. The lowest BCUT2D eigenvalue weighted by molar-refractivity contribution is 0.00679. The first kappa shape index (κ1) is 21.2. The van der Waals surface area contributed by atoms with Gasteiger partial charge in [-0.25, -0.2) is 19.2 Å². The third-order valence-electron chi connectivity index (χ3n) is 5.97. The van der Waals surface area contributed by atoms with E-state index in [1.165, 1.54) is 6.20 Å². The maximum Gasteiger partial charge on any atom is 0.413 e. The lowest BCUT2D eigenvalue weighted by atomic mass is 9.95. The highest BCUT2D eigenvalue weighted by molar-refractivity contribution is 5.99. The Labute approximate surface area is 190 Å². The Morgan fingerprint density at radius 3 is 2.91 bits per heavy atom. The molecule has 10 heteroatoms. The molecule has 3 aromatic rings. The number of ether oxygens (including phenoxy) is 2. The van der Waals surface area contributed by atoms with Crippen LogP contribution in [0.2, 0.25) is 0 Å². The molecule has 0 saturated carbocycles. The molecule has 172 valence electrons. The summed E-state index contributed by atoms with van der Waals surface area (Å²) in [5.74, 6) is 0.279. The zero-order chi connectivity index (χ0) is 23.1. The minimum absolute atomic E-state index is 0.00869. The van der Waals surface area contributed by atoms with Gasteiger partial charge in [0, 0.05) is 48.5 Å². The second-order valence-electron chi connectivity index (χ2n) is 8.28. The number of amides is 1. The topological polar surface area (TPSA) is 115 Å². The third kappa shape index (κ3) is 3.86. The van der Waals surface area contributed by atoms with Crippen LogP contribution in [0.15, 0.2) is 24.5 Å². The number of anilines is 3. The number of carbonyl (C=O) groups is 1. The van der Waals surface area contributed by atoms with E-state index in [0.29, 0.717) is 66.3 Å². The van der Waals surface area contributed by atoms with Crippen molar-refractivity contribution in [3.8, 4) is 17.0 Å². The van der Waals surface area contributed by atoms with Crippen LogP contribution >= 0.6 is 0 Å². The molecule has 1 amide bonds. The maximum atomic E-state index is 15.4. The van der Waals surface area contributed by atoms with E-state index in [-0.39, 0.29) is 11.8 Å². The highest BCUT2D eigenvalue weighted by Crippen LogP contribution is 2.40. The number of nitrogens with two attached hydrogens (primary N) is 1. The predicted molar refractivity (Wildman–Crippen MR) is 124 cm³/mol. The summed E-state index contributed by atoms with van der Waals surface area (Å²) in [6.45, 7) is 4.58. The number of aromatic nitrogens is 2. The van der Waals surface area contributed by atoms with Crippen molar-refractivity contribution in [3.63, 3.8) is 0 Å². The van der Waals surface area contributed by atoms with Gasteiger partial charge in [0.25, 0.3) is 0 Å². The summed E-state index contributed by atoms with van der Waals surface area (Å²) < 4.78 is 26.3. The summed E-state index contributed by atoms with van der Waals surface area (Å²) in [5.41, 5.74) is 8.79. The molecule has 4 heterocycles. The Morgan fingerprint density at radius 1 is 1.33 bits per heavy atom. The maximum absolute atomic E-state index is 15.4. The summed E-state index contributed by atoms with van der Waals surface area (Å²) >= 11 is 0. The molecule has 1 fully saturated rings. The number of rotatable bonds is 4. The fourth-order valence-electron chi connectivity index (χ4n) is 4.31. The Bertz CT molecular complexity index is 1240. The number of nitrogens with one attached hydrogen (secondary N) is 2. The second kappa shape index (κ2) is 8.36. The molecule has 9 nitrogen and oxygen atoms in total. The van der Waals surface area contributed by atoms with Crippen LogP contribution in [0.25, 0.3) is 21.9 Å². The molecule has 0 radical (unpaired) electrons. The minimum atomic E-state index is -0.575. The van der Waals surface area contributed by atoms with Gasteiger partial charge in [-0.3, -0.25) is 10.2 Å². The van der Waals surface area contributed by atoms with Crippen molar-refractivity contribution in [2.24, 2.45) is 0 Å². The normalized spacial score (nSPS) is 15.8. The predicted octanol–water partition coefficient (Wildman–Crippen LogP) is 3.25. The fraction of sp³-hybridized carbons (Fsp3) is 0.348. The molecule has 1 saturated heterocycles. The van der Waals surface area contributed by atoms with Gasteiger partial charge in [-0.1, -0.05) is 6.92 Å². The van der Waals surface area contributed by atoms with Gasteiger partial charge in [-0.2, -0.15) is 0 Å². The van der Waals surface area contributed by atoms with Gasteiger partial charge in [0.2, 0.25) is 5.88 Å². The summed E-state index contributed by atoms with van der Waals surface area (Å²) in [7, 11) is 1.95. The number of nitrogen functional groups attached to an aromatic ring is 1. The summed E-state index contributed by atoms with van der Waals surface area (Å²) in [4.78, 5) is 22.8. The molecule has 2 aliphatic rings. The summed E-state index contributed by atoms with van der Waals surface area (Å²) in [6.07, 6.45) is 3.01. The highest BCUT2D eigenvalue weighted by Gasteiger charge is 2.27. The summed E-state index contributed by atoms with van der Waals surface area (Å²) in [5, 5.41) is 7.05. The molecule has 2 aliphatic heterocycles. The van der Waals surface area contributed by atoms with Crippen molar-refractivity contribution >= 4 is 34.1 Å². The molecule has 0 aliphatic carbocycles. The van der Waals surface area contributed by atoms with Crippen LogP contribution in [0.5, 0.6) is 5.88 Å². The van der Waals surface area contributed by atoms with E-state index in [2.05, 4.69) is 20.6 Å². The first-order chi connectivity index (χ1) is 15.9. The van der Waals surface area contributed by atoms with Crippen LogP contribution in [-0.4, -0.2) is 60.4 Å². The van der Waals surface area contributed by atoms with Crippen molar-refractivity contribution in [2.45, 2.75) is 19.4 Å². The van der Waals surface area contributed by atoms with Crippen LogP contribution in [0.3, 0.4) is 0 Å². The Kier molecular flexibility index (Phi) is 5.37. The van der Waals surface area contributed by atoms with E-state index in [1.807, 2.05) is 18.9 Å². The van der Waals surface area contributed by atoms with E-state index < -0.39 is 11.9 Å². The van der Waals surface area contributed by atoms with E-state index >= 15 is 4.39 Å². The number of fused-ring (bicyclic) bond motifs is 2. The van der Waals surface area contributed by atoms with E-state index in [0.717, 1.165) is 11.3 Å². The Morgan fingerprint density at radius 2 is 2.15 bits per heavy atom. The van der Waals surface area contributed by atoms with E-state index in [9.17, 15) is 4.79 Å². The standard InChI is InChI=1S/C23H25FN6O3/c1-3-14-17(9-28-22-21(14)26-4-5-32-22)15-6-12-7-18(27-8-16(12)20(25)19(15)24)29-23(31)33-13-10-30(2)11-13/h6-9,13,26H,3-5,10-11,25H2,1-2H3,(H,27,29,31). The molecular formula is C23H25FN6O3. The number of likely N-dealkylation sites (tertiary alicyclic amines) is 1. The highest BCUT2D eigenvalue weighted by atomic mass is 19.1. The quantitative estimate of drug-likeness (QED) is 0.517.